The number of hydrogen-bond acceptors (Lipinski definition) is 5. The maximum atomic E-state index is 14.2. The third kappa shape index (κ3) is 4.31. The summed E-state index contributed by atoms with van der Waals surface area (Å²) in [6, 6.07) is 7.10. The van der Waals surface area contributed by atoms with Crippen LogP contribution in [0.3, 0.4) is 0 Å². The highest BCUT2D eigenvalue weighted by molar-refractivity contribution is 7.81. The van der Waals surface area contributed by atoms with Crippen LogP contribution in [0.2, 0.25) is 0 Å². The van der Waals surface area contributed by atoms with Gasteiger partial charge in [0.1, 0.15) is 17.1 Å². The first-order chi connectivity index (χ1) is 16.4. The first kappa shape index (κ1) is 23.2. The number of carboxylic acids is 1. The third-order valence-electron chi connectivity index (χ3n) is 6.93. The molecule has 2 aromatic rings. The van der Waals surface area contributed by atoms with Crippen molar-refractivity contribution in [2.45, 2.75) is 38.4 Å². The van der Waals surface area contributed by atoms with E-state index < -0.39 is 23.1 Å². The van der Waals surface area contributed by atoms with Crippen molar-refractivity contribution in [2.24, 2.45) is 5.92 Å². The van der Waals surface area contributed by atoms with Gasteiger partial charge in [0.15, 0.2) is 0 Å². The van der Waals surface area contributed by atoms with Crippen LogP contribution >= 0.6 is 0 Å². The second kappa shape index (κ2) is 9.26. The fourth-order valence-corrected chi connectivity index (χ4v) is 5.68. The van der Waals surface area contributed by atoms with Crippen LogP contribution in [0.15, 0.2) is 30.3 Å². The van der Waals surface area contributed by atoms with Crippen molar-refractivity contribution < 1.29 is 32.5 Å². The Morgan fingerprint density at radius 1 is 1.32 bits per heavy atom. The number of benzene rings is 2. The Bertz CT molecular complexity index is 1140. The lowest BCUT2D eigenvalue weighted by Crippen LogP contribution is -2.25. The monoisotopic (exact) mass is 490 g/mol. The molecule has 2 aromatic carbocycles. The molecule has 1 aliphatic carbocycles. The highest BCUT2D eigenvalue weighted by Crippen LogP contribution is 2.56. The number of carbonyl (C=O) groups is 1. The molecule has 34 heavy (non-hydrogen) atoms. The predicted molar refractivity (Wildman–Crippen MR) is 124 cm³/mol. The number of rotatable bonds is 8. The fraction of sp³-hybridized carbons (Fsp3) is 0.458. The minimum atomic E-state index is -2.63. The maximum absolute atomic E-state index is 14.2. The van der Waals surface area contributed by atoms with Crippen LogP contribution in [0.1, 0.15) is 47.2 Å². The number of nitrogens with zero attached hydrogens (tertiary/aromatic N) is 2. The Kier molecular flexibility index (Phi) is 6.32. The van der Waals surface area contributed by atoms with Crippen LogP contribution in [0.5, 0.6) is 5.75 Å². The van der Waals surface area contributed by atoms with Gasteiger partial charge in [0.05, 0.1) is 30.7 Å². The number of halogens is 1. The lowest BCUT2D eigenvalue weighted by atomic mass is 9.99. The summed E-state index contributed by atoms with van der Waals surface area (Å²) in [5.74, 6) is -0.882. The average Bonchev–Trinajstić information content (AvgIpc) is 3.47. The van der Waals surface area contributed by atoms with Crippen LogP contribution < -0.4 is 9.04 Å². The first-order valence-electron chi connectivity index (χ1n) is 11.4. The standard InChI is InChI=1S/C24H27FN2O6S/c1-2-26-8-7-17(11-26)32-13-15-9-16(25)3-5-20(15)27(34(30)31)21-6-4-18-19-10-14(19)12-33-23(18)22(21)24(28)29/h3-6,9,14,17,19H,2,7-8,10-13H2,1H3,(H,28,29)(H,30,31)/t14-,17-,19-/m0/s1. The maximum Gasteiger partial charge on any atom is 0.341 e. The van der Waals surface area contributed by atoms with Crippen LogP contribution in [-0.4, -0.2) is 57.1 Å². The van der Waals surface area contributed by atoms with Gasteiger partial charge < -0.3 is 19.5 Å². The van der Waals surface area contributed by atoms with Crippen molar-refractivity contribution in [3.05, 3.63) is 52.8 Å². The minimum Gasteiger partial charge on any atom is -0.492 e. The Balaban J connectivity index is 1.52. The third-order valence-corrected chi connectivity index (χ3v) is 7.64. The smallest absolute Gasteiger partial charge is 0.341 e. The molecule has 2 fully saturated rings. The van der Waals surface area contributed by atoms with Gasteiger partial charge in [0.2, 0.25) is 0 Å². The van der Waals surface area contributed by atoms with E-state index in [1.165, 1.54) is 24.3 Å². The molecule has 0 amide bonds. The zero-order valence-electron chi connectivity index (χ0n) is 18.8. The molecule has 2 heterocycles. The Hall–Kier alpha value is -2.53. The molecule has 2 aliphatic heterocycles. The van der Waals surface area contributed by atoms with E-state index in [0.717, 1.165) is 42.3 Å². The number of fused-ring (bicyclic) bond motifs is 3. The molecule has 0 radical (unpaired) electrons. The van der Waals surface area contributed by atoms with Gasteiger partial charge in [-0.3, -0.25) is 4.55 Å². The molecule has 1 saturated heterocycles. The lowest BCUT2D eigenvalue weighted by molar-refractivity contribution is 0.0472. The van der Waals surface area contributed by atoms with E-state index >= 15 is 0 Å². The van der Waals surface area contributed by atoms with E-state index in [9.17, 15) is 23.1 Å². The normalized spacial score (nSPS) is 24.1. The van der Waals surface area contributed by atoms with Crippen LogP contribution in [0.4, 0.5) is 15.8 Å². The number of anilines is 2. The van der Waals surface area contributed by atoms with Gasteiger partial charge in [-0.15, -0.1) is 0 Å². The molecular weight excluding hydrogens is 463 g/mol. The summed E-state index contributed by atoms with van der Waals surface area (Å²) in [6.45, 7) is 5.13. The fourth-order valence-electron chi connectivity index (χ4n) is 5.01. The molecule has 10 heteroatoms. The molecule has 4 atom stereocenters. The number of ether oxygens (including phenoxy) is 2. The highest BCUT2D eigenvalue weighted by Gasteiger charge is 2.46. The number of carboxylic acid groups (broad SMARTS) is 1. The number of likely N-dealkylation sites (N-methyl/N-ethyl adjacent to an activating group) is 1. The zero-order valence-corrected chi connectivity index (χ0v) is 19.6. The topological polar surface area (TPSA) is 99.5 Å². The molecule has 1 saturated carbocycles. The Morgan fingerprint density at radius 3 is 2.82 bits per heavy atom. The molecule has 2 N–H and O–H groups in total. The second-order valence-electron chi connectivity index (χ2n) is 9.01. The molecule has 8 nitrogen and oxygen atoms in total. The summed E-state index contributed by atoms with van der Waals surface area (Å²) >= 11 is -2.63. The Morgan fingerprint density at radius 2 is 2.12 bits per heavy atom. The Labute approximate surface area is 199 Å². The zero-order chi connectivity index (χ0) is 24.0. The molecule has 0 aromatic heterocycles. The van der Waals surface area contributed by atoms with E-state index in [0.29, 0.717) is 18.1 Å². The summed E-state index contributed by atoms with van der Waals surface area (Å²) in [5.41, 5.74) is 1.21. The summed E-state index contributed by atoms with van der Waals surface area (Å²) < 4.78 is 49.8. The lowest BCUT2D eigenvalue weighted by Gasteiger charge is -2.27. The average molecular weight is 491 g/mol. The van der Waals surface area contributed by atoms with Crippen molar-refractivity contribution in [1.82, 2.24) is 4.90 Å². The van der Waals surface area contributed by atoms with Crippen molar-refractivity contribution >= 4 is 28.6 Å². The molecule has 0 bridgehead atoms. The molecule has 5 rings (SSSR count). The quantitative estimate of drug-likeness (QED) is 0.542. The number of hydrogen-bond donors (Lipinski definition) is 2. The molecule has 1 unspecified atom stereocenters. The van der Waals surface area contributed by atoms with E-state index in [-0.39, 0.29) is 41.3 Å². The largest absolute Gasteiger partial charge is 0.492 e. The van der Waals surface area contributed by atoms with Gasteiger partial charge >= 0.3 is 5.97 Å². The van der Waals surface area contributed by atoms with Gasteiger partial charge in [-0.05, 0) is 55.1 Å². The molecular formula is C24H27FN2O6S. The van der Waals surface area contributed by atoms with Crippen molar-refractivity contribution in [1.29, 1.82) is 0 Å². The van der Waals surface area contributed by atoms with Crippen LogP contribution in [-0.2, 0) is 22.6 Å². The van der Waals surface area contributed by atoms with E-state index in [4.69, 9.17) is 9.47 Å². The van der Waals surface area contributed by atoms with E-state index in [1.54, 1.807) is 6.07 Å². The minimum absolute atomic E-state index is 0.0112. The number of likely N-dealkylation sites (tertiary alicyclic amines) is 1. The van der Waals surface area contributed by atoms with E-state index in [2.05, 4.69) is 11.8 Å². The summed E-state index contributed by atoms with van der Waals surface area (Å²) in [7, 11) is 0. The number of aromatic carboxylic acids is 1. The summed E-state index contributed by atoms with van der Waals surface area (Å²) in [5, 5.41) is 10.0. The highest BCUT2D eigenvalue weighted by atomic mass is 32.2. The van der Waals surface area contributed by atoms with Crippen molar-refractivity contribution in [3.63, 3.8) is 0 Å². The van der Waals surface area contributed by atoms with Crippen molar-refractivity contribution in [3.8, 4) is 5.75 Å². The first-order valence-corrected chi connectivity index (χ1v) is 12.5. The van der Waals surface area contributed by atoms with Crippen LogP contribution in [0.25, 0.3) is 0 Å². The van der Waals surface area contributed by atoms with Crippen LogP contribution in [0, 0.1) is 11.7 Å². The van der Waals surface area contributed by atoms with E-state index in [1.807, 2.05) is 0 Å². The summed E-state index contributed by atoms with van der Waals surface area (Å²) in [6.07, 6.45) is 1.76. The van der Waals surface area contributed by atoms with Gasteiger partial charge in [-0.2, -0.15) is 0 Å². The van der Waals surface area contributed by atoms with Gasteiger partial charge in [0.25, 0.3) is 11.3 Å². The SMILES string of the molecule is CCN1CC[C@H](OCc2cc(F)ccc2N(c2ccc3c(c2C(=O)O)OC[C@@H]2C[C@H]32)S(=O)O)C1. The van der Waals surface area contributed by atoms with Gasteiger partial charge in [0, 0.05) is 24.6 Å². The predicted octanol–water partition coefficient (Wildman–Crippen LogP) is 3.91. The summed E-state index contributed by atoms with van der Waals surface area (Å²) in [4.78, 5) is 14.5. The molecule has 182 valence electrons. The van der Waals surface area contributed by atoms with Crippen molar-refractivity contribution in [2.75, 3.05) is 30.5 Å². The van der Waals surface area contributed by atoms with Gasteiger partial charge in [-0.25, -0.2) is 17.7 Å². The van der Waals surface area contributed by atoms with Gasteiger partial charge in [-0.1, -0.05) is 13.0 Å². The molecule has 3 aliphatic rings. The molecule has 0 spiro atoms. The second-order valence-corrected chi connectivity index (χ2v) is 9.84.